The number of carbonyl (C=O) groups excluding carboxylic acids is 3. The van der Waals surface area contributed by atoms with Crippen LogP contribution in [0.15, 0.2) is 30.3 Å². The maximum atomic E-state index is 14.3. The molecule has 4 fully saturated rings. The molecule has 0 radical (unpaired) electrons. The summed E-state index contributed by atoms with van der Waals surface area (Å²) in [5.74, 6) is -2.73. The molecule has 1 saturated carbocycles. The predicted molar refractivity (Wildman–Crippen MR) is 132 cm³/mol. The van der Waals surface area contributed by atoms with Gasteiger partial charge in [-0.1, -0.05) is 56.5 Å². The summed E-state index contributed by atoms with van der Waals surface area (Å²) in [6, 6.07) is 7.64. The SMILES string of the molecule is CCOC(=O)[C@H]1[C@H]2C(=O)N([C@H](CO)c3ccccc3)C(C(=O)NC3CCCCC3)C23CC(C)[C@]1(C)O3. The Balaban J connectivity index is 1.60. The Morgan fingerprint density at radius 3 is 2.56 bits per heavy atom. The molecule has 3 saturated heterocycles. The molecule has 5 rings (SSSR count). The van der Waals surface area contributed by atoms with Crippen LogP contribution in [0.5, 0.6) is 0 Å². The summed E-state index contributed by atoms with van der Waals surface area (Å²) in [6.45, 7) is 5.49. The fraction of sp³-hybridized carbons (Fsp3) is 0.679. The third-order valence-electron chi connectivity index (χ3n) is 9.19. The number of nitrogens with one attached hydrogen (secondary N) is 1. The van der Waals surface area contributed by atoms with Crippen molar-refractivity contribution in [2.45, 2.75) is 88.6 Å². The molecule has 2 amide bonds. The highest BCUT2D eigenvalue weighted by atomic mass is 16.6. The van der Waals surface area contributed by atoms with E-state index in [9.17, 15) is 19.5 Å². The minimum absolute atomic E-state index is 0.0508. The van der Waals surface area contributed by atoms with E-state index in [1.165, 1.54) is 4.90 Å². The molecule has 3 unspecified atom stereocenters. The summed E-state index contributed by atoms with van der Waals surface area (Å²) >= 11 is 0. The van der Waals surface area contributed by atoms with Gasteiger partial charge in [0.15, 0.2) is 0 Å². The Bertz CT molecular complexity index is 1010. The molecule has 3 heterocycles. The molecule has 196 valence electrons. The fourth-order valence-electron chi connectivity index (χ4n) is 7.46. The van der Waals surface area contributed by atoms with E-state index in [4.69, 9.17) is 9.47 Å². The Morgan fingerprint density at radius 1 is 1.22 bits per heavy atom. The number of fused-ring (bicyclic) bond motifs is 1. The zero-order chi connectivity index (χ0) is 25.7. The average molecular weight is 499 g/mol. The summed E-state index contributed by atoms with van der Waals surface area (Å²) in [5.41, 5.74) is -1.31. The van der Waals surface area contributed by atoms with Crippen LogP contribution in [0.2, 0.25) is 0 Å². The maximum absolute atomic E-state index is 14.3. The van der Waals surface area contributed by atoms with Crippen LogP contribution in [0, 0.1) is 17.8 Å². The first-order valence-corrected chi connectivity index (χ1v) is 13.4. The minimum atomic E-state index is -1.15. The molecule has 7 atom stereocenters. The minimum Gasteiger partial charge on any atom is -0.466 e. The Labute approximate surface area is 212 Å². The van der Waals surface area contributed by atoms with E-state index < -0.39 is 41.1 Å². The number of rotatable bonds is 7. The third-order valence-corrected chi connectivity index (χ3v) is 9.19. The van der Waals surface area contributed by atoms with Gasteiger partial charge in [-0.15, -0.1) is 0 Å². The Kier molecular flexibility index (Phi) is 6.62. The second-order valence-corrected chi connectivity index (χ2v) is 11.2. The maximum Gasteiger partial charge on any atom is 0.312 e. The van der Waals surface area contributed by atoms with Gasteiger partial charge in [0, 0.05) is 6.04 Å². The van der Waals surface area contributed by atoms with E-state index in [1.807, 2.05) is 44.2 Å². The van der Waals surface area contributed by atoms with E-state index in [-0.39, 0.29) is 37.0 Å². The van der Waals surface area contributed by atoms with E-state index >= 15 is 0 Å². The quantitative estimate of drug-likeness (QED) is 0.560. The number of aliphatic hydroxyl groups is 1. The molecular weight excluding hydrogens is 460 g/mol. The van der Waals surface area contributed by atoms with Crippen LogP contribution < -0.4 is 5.32 Å². The topological polar surface area (TPSA) is 105 Å². The fourth-order valence-corrected chi connectivity index (χ4v) is 7.46. The van der Waals surface area contributed by atoms with Gasteiger partial charge in [0.05, 0.1) is 30.8 Å². The first-order valence-electron chi connectivity index (χ1n) is 13.4. The molecule has 8 nitrogen and oxygen atoms in total. The molecule has 2 N–H and O–H groups in total. The van der Waals surface area contributed by atoms with Gasteiger partial charge in [-0.25, -0.2) is 0 Å². The zero-order valence-corrected chi connectivity index (χ0v) is 21.4. The number of hydrogen-bond donors (Lipinski definition) is 2. The molecule has 4 aliphatic rings. The van der Waals surface area contributed by atoms with Crippen molar-refractivity contribution in [3.05, 3.63) is 35.9 Å². The normalized spacial score (nSPS) is 36.6. The van der Waals surface area contributed by atoms with Crippen LogP contribution in [0.25, 0.3) is 0 Å². The summed E-state index contributed by atoms with van der Waals surface area (Å²) in [4.78, 5) is 43.1. The van der Waals surface area contributed by atoms with Crippen molar-refractivity contribution in [3.8, 4) is 0 Å². The number of ether oxygens (including phenoxy) is 2. The lowest BCUT2D eigenvalue weighted by atomic mass is 9.62. The predicted octanol–water partition coefficient (Wildman–Crippen LogP) is 2.74. The average Bonchev–Trinajstić information content (AvgIpc) is 3.38. The second-order valence-electron chi connectivity index (χ2n) is 11.2. The van der Waals surface area contributed by atoms with Gasteiger partial charge in [-0.3, -0.25) is 14.4 Å². The van der Waals surface area contributed by atoms with Crippen LogP contribution >= 0.6 is 0 Å². The van der Waals surface area contributed by atoms with Crippen molar-refractivity contribution in [2.24, 2.45) is 17.8 Å². The zero-order valence-electron chi connectivity index (χ0n) is 21.4. The Hall–Kier alpha value is -2.45. The van der Waals surface area contributed by atoms with E-state index in [2.05, 4.69) is 5.32 Å². The standard InChI is InChI=1S/C28H38N2O6/c1-4-35-26(34)22-21-25(33)30(20(16-31)18-11-7-5-8-12-18)23(24(32)29-19-13-9-6-10-14-19)28(21)15-17(2)27(22,3)36-28/h5,7-8,11-12,17,19-23,31H,4,6,9-10,13-16H2,1-3H3,(H,29,32)/t17?,20-,21+,22-,23?,27+,28?/m1/s1. The first kappa shape index (κ1) is 25.2. The Morgan fingerprint density at radius 2 is 1.92 bits per heavy atom. The van der Waals surface area contributed by atoms with Crippen molar-refractivity contribution in [1.82, 2.24) is 10.2 Å². The van der Waals surface area contributed by atoms with Crippen LogP contribution in [0.4, 0.5) is 0 Å². The monoisotopic (exact) mass is 498 g/mol. The molecule has 1 aromatic carbocycles. The van der Waals surface area contributed by atoms with Crippen LogP contribution in [0.1, 0.15) is 70.9 Å². The lowest BCUT2D eigenvalue weighted by Gasteiger charge is -2.38. The van der Waals surface area contributed by atoms with Gasteiger partial charge in [-0.2, -0.15) is 0 Å². The summed E-state index contributed by atoms with van der Waals surface area (Å²) in [5, 5.41) is 13.7. The van der Waals surface area contributed by atoms with E-state index in [1.54, 1.807) is 6.92 Å². The second kappa shape index (κ2) is 9.45. The molecule has 36 heavy (non-hydrogen) atoms. The van der Waals surface area contributed by atoms with Gasteiger partial charge in [0.2, 0.25) is 11.8 Å². The number of likely N-dealkylation sites (tertiary alicyclic amines) is 1. The van der Waals surface area contributed by atoms with Gasteiger partial charge in [-0.05, 0) is 44.6 Å². The molecule has 1 spiro atoms. The summed E-state index contributed by atoms with van der Waals surface area (Å²) in [6.07, 6.45) is 5.59. The number of aliphatic hydroxyl groups excluding tert-OH is 1. The van der Waals surface area contributed by atoms with Crippen LogP contribution in [-0.2, 0) is 23.9 Å². The lowest BCUT2D eigenvalue weighted by molar-refractivity contribution is -0.162. The molecule has 0 aromatic heterocycles. The van der Waals surface area contributed by atoms with Gasteiger partial charge in [0.1, 0.15) is 17.6 Å². The van der Waals surface area contributed by atoms with Crippen LogP contribution in [0.3, 0.4) is 0 Å². The highest BCUT2D eigenvalue weighted by Gasteiger charge is 2.80. The van der Waals surface area contributed by atoms with Crippen molar-refractivity contribution in [3.63, 3.8) is 0 Å². The highest BCUT2D eigenvalue weighted by molar-refractivity contribution is 5.99. The number of amides is 2. The third kappa shape index (κ3) is 3.67. The molecule has 1 aromatic rings. The molecule has 2 bridgehead atoms. The van der Waals surface area contributed by atoms with Crippen LogP contribution in [-0.4, -0.2) is 64.3 Å². The number of benzene rings is 1. The molecule has 8 heteroatoms. The molecular formula is C28H38N2O6. The number of hydrogen-bond acceptors (Lipinski definition) is 6. The lowest BCUT2D eigenvalue weighted by Crippen LogP contribution is -2.58. The first-order chi connectivity index (χ1) is 17.3. The molecule has 1 aliphatic carbocycles. The van der Waals surface area contributed by atoms with Crippen molar-refractivity contribution in [1.29, 1.82) is 0 Å². The van der Waals surface area contributed by atoms with Gasteiger partial charge >= 0.3 is 5.97 Å². The number of nitrogens with zero attached hydrogens (tertiary/aromatic N) is 1. The van der Waals surface area contributed by atoms with Crippen molar-refractivity contribution >= 4 is 17.8 Å². The van der Waals surface area contributed by atoms with Gasteiger partial charge in [0.25, 0.3) is 0 Å². The largest absolute Gasteiger partial charge is 0.466 e. The van der Waals surface area contributed by atoms with E-state index in [0.717, 1.165) is 37.7 Å². The number of carbonyl (C=O) groups is 3. The van der Waals surface area contributed by atoms with Crippen molar-refractivity contribution in [2.75, 3.05) is 13.2 Å². The van der Waals surface area contributed by atoms with Crippen molar-refractivity contribution < 1.29 is 29.0 Å². The van der Waals surface area contributed by atoms with Gasteiger partial charge < -0.3 is 24.8 Å². The highest BCUT2D eigenvalue weighted by Crippen LogP contribution is 2.66. The van der Waals surface area contributed by atoms with E-state index in [0.29, 0.717) is 6.42 Å². The summed E-state index contributed by atoms with van der Waals surface area (Å²) < 4.78 is 12.1. The smallest absolute Gasteiger partial charge is 0.312 e. The summed E-state index contributed by atoms with van der Waals surface area (Å²) in [7, 11) is 0. The molecule has 3 aliphatic heterocycles. The number of esters is 1.